The summed E-state index contributed by atoms with van der Waals surface area (Å²) < 4.78 is 18.4. The van der Waals surface area contributed by atoms with Gasteiger partial charge in [-0.25, -0.2) is 0 Å². The lowest BCUT2D eigenvalue weighted by molar-refractivity contribution is 0.0695. The number of nitrogens with one attached hydrogen (secondary N) is 1. The number of carbonyl (C=O) groups is 1. The van der Waals surface area contributed by atoms with Crippen LogP contribution in [0.25, 0.3) is 28.5 Å². The lowest BCUT2D eigenvalue weighted by Gasteiger charge is -2.35. The minimum absolute atomic E-state index is 0.0396. The van der Waals surface area contributed by atoms with Crippen molar-refractivity contribution in [2.24, 2.45) is 0 Å². The number of carbonyl (C=O) groups excluding carboxylic acids is 1. The largest absolute Gasteiger partial charge is 0.504 e. The summed E-state index contributed by atoms with van der Waals surface area (Å²) in [6, 6.07) is 9.46. The number of allylic oxidation sites excluding steroid dienone is 1. The van der Waals surface area contributed by atoms with Gasteiger partial charge in [0.05, 0.1) is 23.8 Å². The van der Waals surface area contributed by atoms with Crippen LogP contribution in [0.15, 0.2) is 40.8 Å². The molecule has 0 spiro atoms. The molecule has 41 heavy (non-hydrogen) atoms. The number of aryl methyl sites for hydroxylation is 1. The third-order valence-electron chi connectivity index (χ3n) is 8.49. The Labute approximate surface area is 241 Å². The number of anilines is 1. The van der Waals surface area contributed by atoms with E-state index in [1.54, 1.807) is 19.2 Å². The van der Waals surface area contributed by atoms with E-state index in [0.29, 0.717) is 39.9 Å². The molecule has 7 nitrogen and oxygen atoms in total. The van der Waals surface area contributed by atoms with E-state index >= 15 is 0 Å². The average Bonchev–Trinajstić information content (AvgIpc) is 3.31. The van der Waals surface area contributed by atoms with E-state index in [-0.39, 0.29) is 23.2 Å². The van der Waals surface area contributed by atoms with Crippen molar-refractivity contribution in [1.29, 1.82) is 0 Å². The van der Waals surface area contributed by atoms with Crippen LogP contribution < -0.4 is 14.8 Å². The topological polar surface area (TPSA) is 84.2 Å². The summed E-state index contributed by atoms with van der Waals surface area (Å²) in [5.74, 6) is 2.60. The van der Waals surface area contributed by atoms with Crippen molar-refractivity contribution < 1.29 is 23.8 Å². The Hall–Kier alpha value is -4.13. The third kappa shape index (κ3) is 4.67. The molecule has 3 aromatic rings. The minimum atomic E-state index is -0.222. The molecule has 0 bridgehead atoms. The fourth-order valence-electron chi connectivity index (χ4n) is 6.70. The van der Waals surface area contributed by atoms with E-state index in [4.69, 9.17) is 13.9 Å². The maximum Gasteiger partial charge on any atom is 0.257 e. The van der Waals surface area contributed by atoms with Crippen LogP contribution in [0.2, 0.25) is 0 Å². The molecule has 0 saturated heterocycles. The number of rotatable bonds is 4. The van der Waals surface area contributed by atoms with Gasteiger partial charge in [0.25, 0.3) is 5.91 Å². The van der Waals surface area contributed by atoms with Crippen molar-refractivity contribution in [2.75, 3.05) is 19.5 Å². The van der Waals surface area contributed by atoms with Gasteiger partial charge in [-0.05, 0) is 70.4 Å². The number of aromatic hydroxyl groups is 1. The number of amides is 1. The van der Waals surface area contributed by atoms with Crippen LogP contribution in [0.5, 0.6) is 17.2 Å². The second-order valence-corrected chi connectivity index (χ2v) is 12.0. The van der Waals surface area contributed by atoms with Crippen LogP contribution in [-0.4, -0.2) is 41.7 Å². The molecule has 2 aliphatic heterocycles. The zero-order chi connectivity index (χ0) is 29.1. The fraction of sp³-hybridized carbons (Fsp3) is 0.382. The van der Waals surface area contributed by atoms with Crippen molar-refractivity contribution >= 4 is 29.0 Å². The smallest absolute Gasteiger partial charge is 0.257 e. The SMILES string of the molecule is COc1c(O)ccc2c1-c1ccc3c(c1C(=Cc1oc(C)cc1C(=O)N(C)C1CCCCC1)O2)C(C)=CC(C)(C)N3. The van der Waals surface area contributed by atoms with Gasteiger partial charge in [0.1, 0.15) is 23.0 Å². The molecule has 214 valence electrons. The zero-order valence-electron chi connectivity index (χ0n) is 24.7. The van der Waals surface area contributed by atoms with E-state index in [2.05, 4.69) is 38.2 Å². The average molecular weight is 555 g/mol. The Kier molecular flexibility index (Phi) is 6.63. The second-order valence-electron chi connectivity index (χ2n) is 12.0. The molecule has 7 heteroatoms. The first-order chi connectivity index (χ1) is 19.6. The van der Waals surface area contributed by atoms with Gasteiger partial charge < -0.3 is 29.2 Å². The monoisotopic (exact) mass is 554 g/mol. The molecule has 1 fully saturated rings. The molecule has 0 unspecified atom stereocenters. The molecule has 0 radical (unpaired) electrons. The molecule has 1 aromatic heterocycles. The van der Waals surface area contributed by atoms with Crippen LogP contribution in [-0.2, 0) is 0 Å². The zero-order valence-corrected chi connectivity index (χ0v) is 24.7. The highest BCUT2D eigenvalue weighted by Crippen LogP contribution is 2.54. The summed E-state index contributed by atoms with van der Waals surface area (Å²) in [5, 5.41) is 14.3. The van der Waals surface area contributed by atoms with Gasteiger partial charge in [-0.3, -0.25) is 4.79 Å². The fourth-order valence-corrected chi connectivity index (χ4v) is 6.70. The van der Waals surface area contributed by atoms with Crippen LogP contribution in [0.3, 0.4) is 0 Å². The number of fused-ring (bicyclic) bond motifs is 5. The van der Waals surface area contributed by atoms with E-state index < -0.39 is 0 Å². The molecule has 2 N–H and O–H groups in total. The van der Waals surface area contributed by atoms with Gasteiger partial charge in [-0.1, -0.05) is 31.4 Å². The number of ether oxygens (including phenoxy) is 2. The first-order valence-electron chi connectivity index (χ1n) is 14.4. The van der Waals surface area contributed by atoms with Crippen molar-refractivity contribution in [1.82, 2.24) is 4.90 Å². The van der Waals surface area contributed by atoms with Crippen molar-refractivity contribution in [3.8, 4) is 28.4 Å². The Morgan fingerprint density at radius 1 is 1.10 bits per heavy atom. The van der Waals surface area contributed by atoms with Gasteiger partial charge in [0, 0.05) is 41.5 Å². The highest BCUT2D eigenvalue weighted by molar-refractivity contribution is 6.04. The Morgan fingerprint density at radius 2 is 1.85 bits per heavy atom. The molecule has 1 amide bonds. The Bertz CT molecular complexity index is 1600. The van der Waals surface area contributed by atoms with Crippen molar-refractivity contribution in [2.45, 2.75) is 71.4 Å². The van der Waals surface area contributed by atoms with Crippen molar-refractivity contribution in [3.63, 3.8) is 0 Å². The number of furan rings is 1. The summed E-state index contributed by atoms with van der Waals surface area (Å²) in [4.78, 5) is 15.7. The van der Waals surface area contributed by atoms with Gasteiger partial charge in [0.2, 0.25) is 0 Å². The molecule has 0 atom stereocenters. The molecule has 1 saturated carbocycles. The van der Waals surface area contributed by atoms with E-state index in [1.807, 2.05) is 37.1 Å². The summed E-state index contributed by atoms with van der Waals surface area (Å²) in [6.45, 7) is 8.22. The first-order valence-corrected chi connectivity index (χ1v) is 14.4. The third-order valence-corrected chi connectivity index (χ3v) is 8.49. The lowest BCUT2D eigenvalue weighted by Crippen LogP contribution is -2.38. The highest BCUT2D eigenvalue weighted by atomic mass is 16.5. The van der Waals surface area contributed by atoms with E-state index in [0.717, 1.165) is 53.6 Å². The van der Waals surface area contributed by atoms with Gasteiger partial charge in [0.15, 0.2) is 11.5 Å². The predicted molar refractivity (Wildman–Crippen MR) is 162 cm³/mol. The summed E-state index contributed by atoms with van der Waals surface area (Å²) in [7, 11) is 3.44. The Morgan fingerprint density at radius 3 is 2.59 bits per heavy atom. The second kappa shape index (κ2) is 10.1. The highest BCUT2D eigenvalue weighted by Gasteiger charge is 2.34. The summed E-state index contributed by atoms with van der Waals surface area (Å²) in [5.41, 5.74) is 5.79. The molecule has 6 rings (SSSR count). The standard InChI is InChI=1S/C34H38N2O5/c1-19-18-34(3,4)35-24-13-12-22-30(29(19)24)28(41-26-15-14-25(37)32(39-6)31(22)26)17-27-23(16-20(2)40-27)33(38)36(5)21-10-8-7-9-11-21/h12-18,21,35,37H,7-11H2,1-6H3. The van der Waals surface area contributed by atoms with Gasteiger partial charge in [-0.15, -0.1) is 0 Å². The Balaban J connectivity index is 1.53. The number of benzene rings is 2. The quantitative estimate of drug-likeness (QED) is 0.341. The molecular formula is C34H38N2O5. The van der Waals surface area contributed by atoms with Crippen LogP contribution in [0.4, 0.5) is 5.69 Å². The van der Waals surface area contributed by atoms with Gasteiger partial charge in [-0.2, -0.15) is 0 Å². The summed E-state index contributed by atoms with van der Waals surface area (Å²) in [6.07, 6.45) is 9.62. The van der Waals surface area contributed by atoms with Crippen LogP contribution in [0, 0.1) is 6.92 Å². The van der Waals surface area contributed by atoms with Crippen molar-refractivity contribution in [3.05, 3.63) is 64.6 Å². The number of methoxy groups -OCH3 is 1. The molecule has 2 aromatic carbocycles. The number of phenols is 1. The molecule has 3 aliphatic rings. The minimum Gasteiger partial charge on any atom is -0.504 e. The van der Waals surface area contributed by atoms with Crippen LogP contribution in [0.1, 0.15) is 85.9 Å². The normalized spacial score (nSPS) is 18.4. The van der Waals surface area contributed by atoms with Gasteiger partial charge >= 0.3 is 0 Å². The number of nitrogens with zero attached hydrogens (tertiary/aromatic N) is 1. The number of phenolic OH excluding ortho intramolecular Hbond substituents is 1. The first kappa shape index (κ1) is 27.1. The van der Waals surface area contributed by atoms with E-state index in [9.17, 15) is 9.90 Å². The maximum absolute atomic E-state index is 13.8. The van der Waals surface area contributed by atoms with Crippen LogP contribution >= 0.6 is 0 Å². The molecular weight excluding hydrogens is 516 g/mol. The molecule has 1 aliphatic carbocycles. The predicted octanol–water partition coefficient (Wildman–Crippen LogP) is 7.87. The van der Waals surface area contributed by atoms with E-state index in [1.165, 1.54) is 6.42 Å². The number of hydrogen-bond donors (Lipinski definition) is 2. The molecule has 3 heterocycles. The lowest BCUT2D eigenvalue weighted by atomic mass is 9.83. The summed E-state index contributed by atoms with van der Waals surface area (Å²) >= 11 is 0. The number of hydrogen-bond acceptors (Lipinski definition) is 6. The maximum atomic E-state index is 13.8.